The highest BCUT2D eigenvalue weighted by Gasteiger charge is 2.17. The third kappa shape index (κ3) is 3.79. The number of amides is 1. The number of rotatable bonds is 6. The van der Waals surface area contributed by atoms with Crippen LogP contribution < -0.4 is 5.32 Å². The quantitative estimate of drug-likeness (QED) is 0.634. The van der Waals surface area contributed by atoms with Crippen molar-refractivity contribution in [3.05, 3.63) is 11.6 Å². The van der Waals surface area contributed by atoms with Gasteiger partial charge in [-0.25, -0.2) is 4.98 Å². The zero-order valence-electron chi connectivity index (χ0n) is 10.2. The molecule has 7 nitrogen and oxygen atoms in total. The molecule has 1 heterocycles. The lowest BCUT2D eigenvalue weighted by atomic mass is 10.2. The predicted octanol–water partition coefficient (Wildman–Crippen LogP) is -0.335. The van der Waals surface area contributed by atoms with Crippen molar-refractivity contribution in [2.24, 2.45) is 0 Å². The summed E-state index contributed by atoms with van der Waals surface area (Å²) in [7, 11) is 1.50. The Hall–Kier alpha value is -1.47. The number of aliphatic hydroxyl groups excluding tert-OH is 1. The van der Waals surface area contributed by atoms with Gasteiger partial charge in [0.15, 0.2) is 0 Å². The summed E-state index contributed by atoms with van der Waals surface area (Å²) in [6, 6.07) is -0.450. The number of aromatic nitrogens is 3. The Labute approximate surface area is 99.6 Å². The topological polar surface area (TPSA) is 100 Å². The van der Waals surface area contributed by atoms with E-state index in [1.165, 1.54) is 7.11 Å². The second-order valence-corrected chi connectivity index (χ2v) is 4.01. The molecule has 1 rings (SSSR count). The first-order valence-electron chi connectivity index (χ1n) is 5.41. The van der Waals surface area contributed by atoms with E-state index in [0.717, 1.165) is 0 Å². The van der Waals surface area contributed by atoms with Crippen LogP contribution in [0.3, 0.4) is 0 Å². The van der Waals surface area contributed by atoms with Gasteiger partial charge in [-0.1, -0.05) is 13.8 Å². The minimum atomic E-state index is -0.450. The van der Waals surface area contributed by atoms with Gasteiger partial charge in [-0.3, -0.25) is 9.89 Å². The molecular formula is C10H18N4O3. The van der Waals surface area contributed by atoms with Crippen molar-refractivity contribution in [1.29, 1.82) is 0 Å². The van der Waals surface area contributed by atoms with Gasteiger partial charge in [-0.2, -0.15) is 0 Å². The van der Waals surface area contributed by atoms with Crippen LogP contribution in [-0.2, 0) is 4.74 Å². The third-order valence-electron chi connectivity index (χ3n) is 2.18. The van der Waals surface area contributed by atoms with Gasteiger partial charge >= 0.3 is 0 Å². The van der Waals surface area contributed by atoms with E-state index in [2.05, 4.69) is 20.5 Å². The number of carbonyl (C=O) groups is 1. The summed E-state index contributed by atoms with van der Waals surface area (Å²) in [5.41, 5.74) is 0. The summed E-state index contributed by atoms with van der Waals surface area (Å²) in [6.45, 7) is 3.94. The fraction of sp³-hybridized carbons (Fsp3) is 0.700. The molecule has 3 N–H and O–H groups in total. The van der Waals surface area contributed by atoms with Gasteiger partial charge < -0.3 is 15.2 Å². The SMILES string of the molecule is COCC(CO)NC(=O)c1n[nH]c(C(C)C)n1. The molecule has 1 aromatic heterocycles. The number of H-pyrrole nitrogens is 1. The Kier molecular flexibility index (Phi) is 5.05. The zero-order valence-corrected chi connectivity index (χ0v) is 10.2. The van der Waals surface area contributed by atoms with Crippen molar-refractivity contribution >= 4 is 5.91 Å². The van der Waals surface area contributed by atoms with Gasteiger partial charge in [0.05, 0.1) is 19.3 Å². The molecule has 1 amide bonds. The zero-order chi connectivity index (χ0) is 12.8. The summed E-state index contributed by atoms with van der Waals surface area (Å²) >= 11 is 0. The number of aliphatic hydroxyl groups is 1. The normalized spacial score (nSPS) is 12.8. The lowest BCUT2D eigenvalue weighted by Crippen LogP contribution is -2.41. The van der Waals surface area contributed by atoms with E-state index in [1.54, 1.807) is 0 Å². The molecule has 0 fully saturated rings. The van der Waals surface area contributed by atoms with Crippen LogP contribution in [0.1, 0.15) is 36.2 Å². The number of aromatic amines is 1. The molecular weight excluding hydrogens is 224 g/mol. The molecule has 96 valence electrons. The lowest BCUT2D eigenvalue weighted by molar-refractivity contribution is 0.0830. The number of hydrogen-bond donors (Lipinski definition) is 3. The highest BCUT2D eigenvalue weighted by molar-refractivity contribution is 5.90. The summed E-state index contributed by atoms with van der Waals surface area (Å²) < 4.78 is 4.85. The standard InChI is InChI=1S/C10H18N4O3/c1-6(2)8-12-9(14-13-8)10(16)11-7(4-15)5-17-3/h6-7,15H,4-5H2,1-3H3,(H,11,16)(H,12,13,14). The molecule has 1 atom stereocenters. The molecule has 7 heteroatoms. The van der Waals surface area contributed by atoms with E-state index in [-0.39, 0.29) is 25.0 Å². The third-order valence-corrected chi connectivity index (χ3v) is 2.18. The monoisotopic (exact) mass is 242 g/mol. The van der Waals surface area contributed by atoms with Crippen molar-refractivity contribution < 1.29 is 14.6 Å². The van der Waals surface area contributed by atoms with Crippen LogP contribution in [0, 0.1) is 0 Å². The van der Waals surface area contributed by atoms with Crippen LogP contribution in [0.5, 0.6) is 0 Å². The number of ether oxygens (including phenoxy) is 1. The van der Waals surface area contributed by atoms with Gasteiger partial charge in [0.1, 0.15) is 5.82 Å². The average molecular weight is 242 g/mol. The Balaban J connectivity index is 2.62. The molecule has 1 unspecified atom stereocenters. The van der Waals surface area contributed by atoms with Crippen molar-refractivity contribution in [1.82, 2.24) is 20.5 Å². The smallest absolute Gasteiger partial charge is 0.291 e. The minimum absolute atomic E-state index is 0.0725. The Morgan fingerprint density at radius 2 is 2.29 bits per heavy atom. The maximum absolute atomic E-state index is 11.7. The Bertz CT molecular complexity index is 364. The number of nitrogens with zero attached hydrogens (tertiary/aromatic N) is 2. The van der Waals surface area contributed by atoms with Gasteiger partial charge in [-0.05, 0) is 0 Å². The predicted molar refractivity (Wildman–Crippen MR) is 60.7 cm³/mol. The molecule has 1 aromatic rings. The highest BCUT2D eigenvalue weighted by atomic mass is 16.5. The van der Waals surface area contributed by atoms with Crippen molar-refractivity contribution in [2.75, 3.05) is 20.3 Å². The van der Waals surface area contributed by atoms with E-state index in [4.69, 9.17) is 9.84 Å². The molecule has 0 aliphatic carbocycles. The maximum Gasteiger partial charge on any atom is 0.291 e. The van der Waals surface area contributed by atoms with Crippen LogP contribution in [0.15, 0.2) is 0 Å². The van der Waals surface area contributed by atoms with Crippen LogP contribution in [0.2, 0.25) is 0 Å². The number of hydrogen-bond acceptors (Lipinski definition) is 5. The fourth-order valence-corrected chi connectivity index (χ4v) is 1.23. The van der Waals surface area contributed by atoms with Crippen molar-refractivity contribution in [2.45, 2.75) is 25.8 Å². The van der Waals surface area contributed by atoms with E-state index in [1.807, 2.05) is 13.8 Å². The Morgan fingerprint density at radius 1 is 1.59 bits per heavy atom. The molecule has 17 heavy (non-hydrogen) atoms. The van der Waals surface area contributed by atoms with Crippen LogP contribution in [-0.4, -0.2) is 52.6 Å². The summed E-state index contributed by atoms with van der Waals surface area (Å²) in [4.78, 5) is 15.8. The molecule has 0 saturated heterocycles. The molecule has 0 saturated carbocycles. The van der Waals surface area contributed by atoms with E-state index in [9.17, 15) is 4.79 Å². The second kappa shape index (κ2) is 6.31. The van der Waals surface area contributed by atoms with Gasteiger partial charge in [0, 0.05) is 13.0 Å². The molecule has 0 bridgehead atoms. The first kappa shape index (κ1) is 13.6. The summed E-state index contributed by atoms with van der Waals surface area (Å²) in [5.74, 6) is 0.478. The largest absolute Gasteiger partial charge is 0.394 e. The van der Waals surface area contributed by atoms with Crippen molar-refractivity contribution in [3.63, 3.8) is 0 Å². The van der Waals surface area contributed by atoms with E-state index < -0.39 is 11.9 Å². The molecule has 0 aliphatic heterocycles. The van der Waals surface area contributed by atoms with Gasteiger partial charge in [-0.15, -0.1) is 5.10 Å². The number of nitrogens with one attached hydrogen (secondary N) is 2. The number of methoxy groups -OCH3 is 1. The van der Waals surface area contributed by atoms with Crippen molar-refractivity contribution in [3.8, 4) is 0 Å². The maximum atomic E-state index is 11.7. The van der Waals surface area contributed by atoms with Gasteiger partial charge in [0.25, 0.3) is 5.91 Å². The fourth-order valence-electron chi connectivity index (χ4n) is 1.23. The van der Waals surface area contributed by atoms with Crippen LogP contribution >= 0.6 is 0 Å². The molecule has 0 aliphatic rings. The Morgan fingerprint density at radius 3 is 2.76 bits per heavy atom. The summed E-state index contributed by atoms with van der Waals surface area (Å²) in [6.07, 6.45) is 0. The van der Waals surface area contributed by atoms with Crippen LogP contribution in [0.25, 0.3) is 0 Å². The molecule has 0 aromatic carbocycles. The van der Waals surface area contributed by atoms with E-state index >= 15 is 0 Å². The first-order valence-corrected chi connectivity index (χ1v) is 5.41. The average Bonchev–Trinajstić information content (AvgIpc) is 2.77. The minimum Gasteiger partial charge on any atom is -0.394 e. The second-order valence-electron chi connectivity index (χ2n) is 4.01. The molecule has 0 spiro atoms. The van der Waals surface area contributed by atoms with Crippen LogP contribution in [0.4, 0.5) is 0 Å². The lowest BCUT2D eigenvalue weighted by Gasteiger charge is -2.13. The summed E-state index contributed by atoms with van der Waals surface area (Å²) in [5, 5.41) is 18.1. The van der Waals surface area contributed by atoms with E-state index in [0.29, 0.717) is 5.82 Å². The van der Waals surface area contributed by atoms with Gasteiger partial charge in [0.2, 0.25) is 5.82 Å². The number of carbonyl (C=O) groups excluding carboxylic acids is 1. The molecule has 0 radical (unpaired) electrons. The highest BCUT2D eigenvalue weighted by Crippen LogP contribution is 2.07. The first-order chi connectivity index (χ1) is 8.08.